The van der Waals surface area contributed by atoms with E-state index in [1.165, 1.54) is 0 Å². The second kappa shape index (κ2) is 11.4. The van der Waals surface area contributed by atoms with E-state index >= 15 is 8.78 Å². The summed E-state index contributed by atoms with van der Waals surface area (Å²) < 4.78 is 30.5. The van der Waals surface area contributed by atoms with Crippen LogP contribution in [0.1, 0.15) is 27.9 Å². The summed E-state index contributed by atoms with van der Waals surface area (Å²) >= 11 is 19.1. The van der Waals surface area contributed by atoms with Gasteiger partial charge in [0.05, 0.1) is 0 Å². The third-order valence-electron chi connectivity index (χ3n) is 7.11. The van der Waals surface area contributed by atoms with Crippen molar-refractivity contribution in [3.63, 3.8) is 0 Å². The van der Waals surface area contributed by atoms with E-state index in [1.807, 2.05) is 84.9 Å². The van der Waals surface area contributed by atoms with Crippen molar-refractivity contribution >= 4 is 58.0 Å². The largest absolute Gasteiger partial charge is 0.207 e. The van der Waals surface area contributed by atoms with Crippen LogP contribution in [-0.4, -0.2) is 0 Å². The number of benzene rings is 5. The van der Waals surface area contributed by atoms with E-state index in [4.69, 9.17) is 34.8 Å². The first-order valence-electron chi connectivity index (χ1n) is 12.4. The van der Waals surface area contributed by atoms with Crippen LogP contribution in [0.25, 0.3) is 0 Å². The molecular formula is C33H25Cl3F2P+. The lowest BCUT2D eigenvalue weighted by Gasteiger charge is -2.35. The lowest BCUT2D eigenvalue weighted by Crippen LogP contribution is -2.36. The van der Waals surface area contributed by atoms with Crippen LogP contribution in [0.4, 0.5) is 8.78 Å². The predicted octanol–water partition coefficient (Wildman–Crippen LogP) is 9.63. The Bertz CT molecular complexity index is 1450. The molecule has 0 spiro atoms. The Morgan fingerprint density at radius 3 is 1.08 bits per heavy atom. The fourth-order valence-corrected chi connectivity index (χ4v) is 10.4. The average Bonchev–Trinajstić information content (AvgIpc) is 2.92. The molecule has 0 amide bonds. The molecule has 39 heavy (non-hydrogen) atoms. The molecule has 5 aromatic carbocycles. The van der Waals surface area contributed by atoms with Gasteiger partial charge in [0, 0.05) is 26.2 Å². The van der Waals surface area contributed by atoms with Crippen LogP contribution in [-0.2, 0) is 0 Å². The van der Waals surface area contributed by atoms with Crippen molar-refractivity contribution in [3.8, 4) is 0 Å². The highest BCUT2D eigenvalue weighted by Crippen LogP contribution is 2.69. The van der Waals surface area contributed by atoms with E-state index in [0.717, 1.165) is 27.0 Å². The van der Waals surface area contributed by atoms with Crippen LogP contribution in [0.3, 0.4) is 0 Å². The SMILES string of the molecule is Cc1ccc(C(c2ccc(C)c(F)c2)[P+](c2ccc(Cl)cc2)(c2ccc(Cl)cc2)c2ccc(Cl)cc2)cc1F. The molecule has 0 radical (unpaired) electrons. The molecule has 0 aliphatic carbocycles. The van der Waals surface area contributed by atoms with Crippen LogP contribution < -0.4 is 15.9 Å². The van der Waals surface area contributed by atoms with Crippen molar-refractivity contribution in [1.29, 1.82) is 0 Å². The normalized spacial score (nSPS) is 11.7. The minimum absolute atomic E-state index is 0.313. The molecule has 0 heterocycles. The summed E-state index contributed by atoms with van der Waals surface area (Å²) in [6, 6.07) is 33.9. The number of rotatable bonds is 6. The van der Waals surface area contributed by atoms with E-state index in [9.17, 15) is 0 Å². The first-order valence-corrected chi connectivity index (χ1v) is 15.4. The van der Waals surface area contributed by atoms with Crippen LogP contribution in [0.2, 0.25) is 15.1 Å². The molecule has 0 saturated heterocycles. The minimum atomic E-state index is -2.75. The van der Waals surface area contributed by atoms with E-state index in [0.29, 0.717) is 26.2 Å². The Labute approximate surface area is 243 Å². The van der Waals surface area contributed by atoms with Gasteiger partial charge in [-0.15, -0.1) is 0 Å². The topological polar surface area (TPSA) is 0 Å². The number of hydrogen-bond donors (Lipinski definition) is 0. The van der Waals surface area contributed by atoms with Crippen LogP contribution in [0.5, 0.6) is 0 Å². The average molecular weight is 597 g/mol. The molecule has 5 rings (SSSR count). The second-order valence-electron chi connectivity index (χ2n) is 9.57. The van der Waals surface area contributed by atoms with Gasteiger partial charge < -0.3 is 0 Å². The summed E-state index contributed by atoms with van der Waals surface area (Å²) in [5.41, 5.74) is 2.14. The van der Waals surface area contributed by atoms with Crippen LogP contribution >= 0.6 is 42.1 Å². The van der Waals surface area contributed by atoms with Gasteiger partial charge >= 0.3 is 0 Å². The maximum absolute atomic E-state index is 15.2. The predicted molar refractivity (Wildman–Crippen MR) is 164 cm³/mol. The highest BCUT2D eigenvalue weighted by Gasteiger charge is 2.54. The first kappa shape index (κ1) is 27.8. The quantitative estimate of drug-likeness (QED) is 0.171. The summed E-state index contributed by atoms with van der Waals surface area (Å²) in [5, 5.41) is 4.81. The van der Waals surface area contributed by atoms with Crippen molar-refractivity contribution in [2.24, 2.45) is 0 Å². The first-order chi connectivity index (χ1) is 18.7. The molecule has 0 fully saturated rings. The van der Waals surface area contributed by atoms with E-state index in [2.05, 4.69) is 0 Å². The Kier molecular flexibility index (Phi) is 8.13. The molecule has 0 bridgehead atoms. The molecule has 0 aliphatic heterocycles. The van der Waals surface area contributed by atoms with Crippen molar-refractivity contribution in [1.82, 2.24) is 0 Å². The van der Waals surface area contributed by atoms with Gasteiger partial charge in [-0.3, -0.25) is 0 Å². The summed E-state index contributed by atoms with van der Waals surface area (Å²) in [6.45, 7) is 3.47. The Morgan fingerprint density at radius 1 is 0.487 bits per heavy atom. The summed E-state index contributed by atoms with van der Waals surface area (Å²) in [4.78, 5) is 0. The van der Waals surface area contributed by atoms with Gasteiger partial charge in [0.1, 0.15) is 40.5 Å². The van der Waals surface area contributed by atoms with Gasteiger partial charge in [-0.05, 0) is 110 Å². The number of hydrogen-bond acceptors (Lipinski definition) is 0. The van der Waals surface area contributed by atoms with E-state index in [1.54, 1.807) is 38.1 Å². The highest BCUT2D eigenvalue weighted by molar-refractivity contribution is 7.96. The van der Waals surface area contributed by atoms with Gasteiger partial charge in [-0.2, -0.15) is 0 Å². The molecule has 0 atom stereocenters. The van der Waals surface area contributed by atoms with E-state index < -0.39 is 12.9 Å². The fourth-order valence-electron chi connectivity index (χ4n) is 5.12. The molecule has 0 unspecified atom stereocenters. The molecule has 0 aromatic heterocycles. The van der Waals surface area contributed by atoms with Gasteiger partial charge in [-0.25, -0.2) is 8.78 Å². The lowest BCUT2D eigenvalue weighted by atomic mass is 10.0. The Hall–Kier alpha value is -2.74. The summed E-state index contributed by atoms with van der Waals surface area (Å²) in [6.07, 6.45) is 0. The van der Waals surface area contributed by atoms with Gasteiger partial charge in [0.15, 0.2) is 0 Å². The zero-order valence-electron chi connectivity index (χ0n) is 21.3. The second-order valence-corrected chi connectivity index (χ2v) is 14.4. The molecule has 5 aromatic rings. The Morgan fingerprint density at radius 2 is 0.795 bits per heavy atom. The Balaban J connectivity index is 1.98. The standard InChI is InChI=1S/C33H25Cl3F2P/c1-21-3-5-23(19-31(21)37)33(24-6-4-22(2)32(38)20-24)39(28-13-7-25(34)8-14-28,29-15-9-26(35)10-16-29)30-17-11-27(36)12-18-30/h3-20,33H,1-2H3/q+1. The molecule has 0 nitrogen and oxygen atoms in total. The third-order valence-corrected chi connectivity index (χ3v) is 12.6. The molecule has 6 heteroatoms. The van der Waals surface area contributed by atoms with Crippen molar-refractivity contribution < 1.29 is 8.78 Å². The molecule has 0 saturated carbocycles. The van der Waals surface area contributed by atoms with E-state index in [-0.39, 0.29) is 11.6 Å². The fraction of sp³-hybridized carbons (Fsp3) is 0.0909. The lowest BCUT2D eigenvalue weighted by molar-refractivity contribution is 0.614. The summed E-state index contributed by atoms with van der Waals surface area (Å²) in [7, 11) is -2.75. The third kappa shape index (κ3) is 5.37. The highest BCUT2D eigenvalue weighted by atomic mass is 35.5. The van der Waals surface area contributed by atoms with Gasteiger partial charge in [0.25, 0.3) is 0 Å². The summed E-state index contributed by atoms with van der Waals surface area (Å²) in [5.74, 6) is -0.627. The van der Waals surface area contributed by atoms with Gasteiger partial charge in [-0.1, -0.05) is 59.1 Å². The van der Waals surface area contributed by atoms with Crippen molar-refractivity contribution in [2.75, 3.05) is 0 Å². The van der Waals surface area contributed by atoms with Crippen LogP contribution in [0, 0.1) is 25.5 Å². The van der Waals surface area contributed by atoms with Crippen molar-refractivity contribution in [3.05, 3.63) is 158 Å². The monoisotopic (exact) mass is 595 g/mol. The number of aryl methyl sites for hydroxylation is 2. The molecular weight excluding hydrogens is 572 g/mol. The minimum Gasteiger partial charge on any atom is -0.207 e. The molecule has 0 aliphatic rings. The maximum atomic E-state index is 15.2. The molecule has 196 valence electrons. The molecule has 0 N–H and O–H groups in total. The number of halogens is 5. The smallest absolute Gasteiger partial charge is 0.134 e. The zero-order chi connectivity index (χ0) is 27.7. The zero-order valence-corrected chi connectivity index (χ0v) is 24.5. The van der Waals surface area contributed by atoms with Gasteiger partial charge in [0.2, 0.25) is 0 Å². The maximum Gasteiger partial charge on any atom is 0.134 e. The van der Waals surface area contributed by atoms with Crippen LogP contribution in [0.15, 0.2) is 109 Å². The van der Waals surface area contributed by atoms with Crippen molar-refractivity contribution in [2.45, 2.75) is 19.5 Å².